The molecule has 2 rings (SSSR count). The molecule has 0 unspecified atom stereocenters. The Labute approximate surface area is 105 Å². The molecule has 98 valence electrons. The highest BCUT2D eigenvalue weighted by Crippen LogP contribution is 2.21. The highest BCUT2D eigenvalue weighted by Gasteiger charge is 2.33. The summed E-state index contributed by atoms with van der Waals surface area (Å²) in [6.45, 7) is 0.979. The van der Waals surface area contributed by atoms with Crippen LogP contribution < -0.4 is 5.32 Å². The van der Waals surface area contributed by atoms with Crippen LogP contribution >= 0.6 is 0 Å². The van der Waals surface area contributed by atoms with Gasteiger partial charge in [-0.3, -0.25) is 4.79 Å². The van der Waals surface area contributed by atoms with Crippen molar-refractivity contribution in [2.75, 3.05) is 19.8 Å². The topological polar surface area (TPSA) is 78.8 Å². The molecular formula is C13H17NO4. The number of aliphatic hydroxyl groups is 1. The van der Waals surface area contributed by atoms with Gasteiger partial charge in [-0.15, -0.1) is 0 Å². The van der Waals surface area contributed by atoms with Crippen molar-refractivity contribution in [2.24, 2.45) is 0 Å². The van der Waals surface area contributed by atoms with Crippen molar-refractivity contribution in [3.63, 3.8) is 0 Å². The van der Waals surface area contributed by atoms with Gasteiger partial charge in [0.1, 0.15) is 5.75 Å². The maximum absolute atomic E-state index is 12.0. The van der Waals surface area contributed by atoms with Crippen molar-refractivity contribution >= 4 is 5.91 Å². The number of hydrogen-bond donors (Lipinski definition) is 3. The van der Waals surface area contributed by atoms with Gasteiger partial charge in [0.05, 0.1) is 12.1 Å². The van der Waals surface area contributed by atoms with Crippen LogP contribution in [0.15, 0.2) is 24.3 Å². The molecule has 0 aromatic heterocycles. The zero-order valence-corrected chi connectivity index (χ0v) is 10.1. The SMILES string of the molecule is O=C(NC1(CO)CCOCC1)c1ccc(O)cc1. The van der Waals surface area contributed by atoms with Crippen molar-refractivity contribution in [2.45, 2.75) is 18.4 Å². The molecule has 1 saturated heterocycles. The van der Waals surface area contributed by atoms with Gasteiger partial charge in [-0.25, -0.2) is 0 Å². The lowest BCUT2D eigenvalue weighted by molar-refractivity contribution is 0.0125. The number of carbonyl (C=O) groups is 1. The average molecular weight is 251 g/mol. The van der Waals surface area contributed by atoms with Crippen molar-refractivity contribution < 1.29 is 19.7 Å². The van der Waals surface area contributed by atoms with Crippen LogP contribution in [-0.2, 0) is 4.74 Å². The van der Waals surface area contributed by atoms with Crippen molar-refractivity contribution in [1.82, 2.24) is 5.32 Å². The number of aromatic hydroxyl groups is 1. The van der Waals surface area contributed by atoms with Gasteiger partial charge >= 0.3 is 0 Å². The van der Waals surface area contributed by atoms with E-state index in [2.05, 4.69) is 5.32 Å². The van der Waals surface area contributed by atoms with Crippen LogP contribution in [0.4, 0.5) is 0 Å². The lowest BCUT2D eigenvalue weighted by atomic mass is 9.90. The smallest absolute Gasteiger partial charge is 0.251 e. The van der Waals surface area contributed by atoms with E-state index < -0.39 is 5.54 Å². The first kappa shape index (κ1) is 12.9. The standard InChI is InChI=1S/C13H17NO4/c15-9-13(5-7-18-8-6-13)14-12(17)10-1-3-11(16)4-2-10/h1-4,15-16H,5-9H2,(H,14,17). The molecule has 0 bridgehead atoms. The van der Waals surface area contributed by atoms with Crippen molar-refractivity contribution in [1.29, 1.82) is 0 Å². The molecule has 3 N–H and O–H groups in total. The lowest BCUT2D eigenvalue weighted by Crippen LogP contribution is -2.54. The summed E-state index contributed by atoms with van der Waals surface area (Å²) in [6, 6.07) is 6.03. The summed E-state index contributed by atoms with van der Waals surface area (Å²) in [5, 5.41) is 21.5. The van der Waals surface area contributed by atoms with E-state index in [-0.39, 0.29) is 18.3 Å². The van der Waals surface area contributed by atoms with Crippen molar-refractivity contribution in [3.05, 3.63) is 29.8 Å². The second-order valence-electron chi connectivity index (χ2n) is 4.55. The van der Waals surface area contributed by atoms with Gasteiger partial charge in [-0.2, -0.15) is 0 Å². The number of carbonyl (C=O) groups excluding carboxylic acids is 1. The minimum absolute atomic E-state index is 0.0970. The fraction of sp³-hybridized carbons (Fsp3) is 0.462. The third-order valence-corrected chi connectivity index (χ3v) is 3.26. The fourth-order valence-electron chi connectivity index (χ4n) is 2.01. The first-order valence-corrected chi connectivity index (χ1v) is 5.95. The Balaban J connectivity index is 2.07. The van der Waals surface area contributed by atoms with Crippen LogP contribution in [0.25, 0.3) is 0 Å². The number of hydrogen-bond acceptors (Lipinski definition) is 4. The van der Waals surface area contributed by atoms with Gasteiger partial charge < -0.3 is 20.3 Å². The largest absolute Gasteiger partial charge is 0.508 e. The van der Waals surface area contributed by atoms with E-state index in [1.807, 2.05) is 0 Å². The summed E-state index contributed by atoms with van der Waals surface area (Å²) >= 11 is 0. The summed E-state index contributed by atoms with van der Waals surface area (Å²) < 4.78 is 5.23. The number of benzene rings is 1. The number of phenolic OH excluding ortho intramolecular Hbond substituents is 1. The number of ether oxygens (including phenoxy) is 1. The number of nitrogens with one attached hydrogen (secondary N) is 1. The number of amides is 1. The highest BCUT2D eigenvalue weighted by atomic mass is 16.5. The predicted molar refractivity (Wildman–Crippen MR) is 65.4 cm³/mol. The van der Waals surface area contributed by atoms with Gasteiger partial charge in [0, 0.05) is 18.8 Å². The summed E-state index contributed by atoms with van der Waals surface area (Å²) in [7, 11) is 0. The minimum Gasteiger partial charge on any atom is -0.508 e. The zero-order valence-electron chi connectivity index (χ0n) is 10.1. The van der Waals surface area contributed by atoms with Crippen LogP contribution in [0.3, 0.4) is 0 Å². The van der Waals surface area contributed by atoms with E-state index in [4.69, 9.17) is 9.84 Å². The molecule has 1 aromatic rings. The number of aliphatic hydroxyl groups excluding tert-OH is 1. The third-order valence-electron chi connectivity index (χ3n) is 3.26. The van der Waals surface area contributed by atoms with E-state index in [0.29, 0.717) is 31.6 Å². The molecule has 1 aliphatic rings. The van der Waals surface area contributed by atoms with Crippen LogP contribution in [0, 0.1) is 0 Å². The molecule has 0 atom stereocenters. The summed E-state index contributed by atoms with van der Waals surface area (Å²) in [5.41, 5.74) is -0.125. The Hall–Kier alpha value is -1.59. The predicted octanol–water partition coefficient (Wildman–Crippen LogP) is 0.663. The molecule has 5 heteroatoms. The molecule has 1 amide bonds. The molecule has 1 aliphatic heterocycles. The molecule has 18 heavy (non-hydrogen) atoms. The molecule has 1 heterocycles. The molecule has 5 nitrogen and oxygen atoms in total. The Morgan fingerprint density at radius 1 is 1.28 bits per heavy atom. The van der Waals surface area contributed by atoms with Crippen LogP contribution in [0.2, 0.25) is 0 Å². The van der Waals surface area contributed by atoms with Gasteiger partial charge in [0.25, 0.3) is 5.91 Å². The fourth-order valence-corrected chi connectivity index (χ4v) is 2.01. The Morgan fingerprint density at radius 2 is 1.89 bits per heavy atom. The van der Waals surface area contributed by atoms with Gasteiger partial charge in [0.15, 0.2) is 0 Å². The van der Waals surface area contributed by atoms with E-state index in [0.717, 1.165) is 0 Å². The Bertz CT molecular complexity index is 410. The molecule has 0 radical (unpaired) electrons. The summed E-state index contributed by atoms with van der Waals surface area (Å²) in [6.07, 6.45) is 1.21. The number of rotatable bonds is 3. The highest BCUT2D eigenvalue weighted by molar-refractivity contribution is 5.94. The second-order valence-corrected chi connectivity index (χ2v) is 4.55. The zero-order chi connectivity index (χ0) is 13.0. The van der Waals surface area contributed by atoms with Crippen LogP contribution in [-0.4, -0.2) is 41.5 Å². The molecular weight excluding hydrogens is 234 g/mol. The maximum atomic E-state index is 12.0. The second kappa shape index (κ2) is 5.37. The van der Waals surface area contributed by atoms with Crippen LogP contribution in [0.5, 0.6) is 5.75 Å². The Kier molecular flexibility index (Phi) is 3.84. The van der Waals surface area contributed by atoms with Gasteiger partial charge in [-0.1, -0.05) is 0 Å². The summed E-state index contributed by atoms with van der Waals surface area (Å²) in [5.74, 6) is -0.125. The Morgan fingerprint density at radius 3 is 2.44 bits per heavy atom. The summed E-state index contributed by atoms with van der Waals surface area (Å²) in [4.78, 5) is 12.0. The minimum atomic E-state index is -0.590. The van der Waals surface area contributed by atoms with E-state index in [9.17, 15) is 9.90 Å². The normalized spacial score (nSPS) is 18.3. The first-order chi connectivity index (χ1) is 8.65. The third kappa shape index (κ3) is 2.80. The van der Waals surface area contributed by atoms with E-state index >= 15 is 0 Å². The average Bonchev–Trinajstić information content (AvgIpc) is 2.40. The molecule has 0 saturated carbocycles. The molecule has 0 aliphatic carbocycles. The van der Waals surface area contributed by atoms with Gasteiger partial charge in [-0.05, 0) is 37.1 Å². The molecule has 1 aromatic carbocycles. The van der Waals surface area contributed by atoms with E-state index in [1.165, 1.54) is 12.1 Å². The quantitative estimate of drug-likeness (QED) is 0.737. The van der Waals surface area contributed by atoms with Crippen molar-refractivity contribution in [3.8, 4) is 5.75 Å². The lowest BCUT2D eigenvalue weighted by Gasteiger charge is -2.36. The maximum Gasteiger partial charge on any atom is 0.251 e. The molecule has 0 spiro atoms. The number of phenols is 1. The van der Waals surface area contributed by atoms with Crippen LogP contribution in [0.1, 0.15) is 23.2 Å². The van der Waals surface area contributed by atoms with E-state index in [1.54, 1.807) is 12.1 Å². The first-order valence-electron chi connectivity index (χ1n) is 5.95. The monoisotopic (exact) mass is 251 g/mol. The molecule has 1 fully saturated rings. The van der Waals surface area contributed by atoms with Gasteiger partial charge in [0.2, 0.25) is 0 Å².